The zero-order valence-corrected chi connectivity index (χ0v) is 16.0. The zero-order valence-electron chi connectivity index (χ0n) is 15.3. The predicted octanol–water partition coefficient (Wildman–Crippen LogP) is 4.54. The fourth-order valence-electron chi connectivity index (χ4n) is 2.35. The van der Waals surface area contributed by atoms with Gasteiger partial charge in [0.1, 0.15) is 5.75 Å². The second kappa shape index (κ2) is 8.72. The van der Waals surface area contributed by atoms with Gasteiger partial charge >= 0.3 is 5.97 Å². The van der Waals surface area contributed by atoms with E-state index in [1.165, 1.54) is 25.3 Å². The molecular formula is C20H22ClNO4. The molecule has 1 atom stereocenters. The summed E-state index contributed by atoms with van der Waals surface area (Å²) in [6.45, 7) is 5.86. The van der Waals surface area contributed by atoms with Crippen molar-refractivity contribution >= 4 is 29.2 Å². The van der Waals surface area contributed by atoms with Crippen molar-refractivity contribution in [3.63, 3.8) is 0 Å². The normalized spacial score (nSPS) is 11.6. The summed E-state index contributed by atoms with van der Waals surface area (Å²) in [5.74, 6) is -0.213. The number of nitrogens with one attached hydrogen (secondary N) is 1. The first kappa shape index (κ1) is 19.8. The third-order valence-corrected chi connectivity index (χ3v) is 4.39. The van der Waals surface area contributed by atoms with Crippen molar-refractivity contribution in [1.82, 2.24) is 0 Å². The lowest BCUT2D eigenvalue weighted by atomic mass is 10.1. The van der Waals surface area contributed by atoms with Crippen LogP contribution in [0.3, 0.4) is 0 Å². The summed E-state index contributed by atoms with van der Waals surface area (Å²) in [6, 6.07) is 10.2. The smallest absolute Gasteiger partial charge is 0.337 e. The maximum absolute atomic E-state index is 12.6. The van der Waals surface area contributed by atoms with Crippen molar-refractivity contribution in [2.45, 2.75) is 33.3 Å². The first-order chi connectivity index (χ1) is 12.3. The van der Waals surface area contributed by atoms with Crippen LogP contribution in [0, 0.1) is 13.8 Å². The number of halogens is 1. The molecule has 0 aliphatic rings. The van der Waals surface area contributed by atoms with Crippen LogP contribution in [0.2, 0.25) is 5.02 Å². The van der Waals surface area contributed by atoms with E-state index in [4.69, 9.17) is 16.3 Å². The van der Waals surface area contributed by atoms with Gasteiger partial charge in [0.05, 0.1) is 23.4 Å². The molecule has 5 nitrogen and oxygen atoms in total. The van der Waals surface area contributed by atoms with Crippen molar-refractivity contribution in [2.24, 2.45) is 0 Å². The van der Waals surface area contributed by atoms with E-state index in [1.807, 2.05) is 39.0 Å². The Morgan fingerprint density at radius 1 is 1.12 bits per heavy atom. The molecule has 0 fully saturated rings. The minimum absolute atomic E-state index is 0.301. The summed E-state index contributed by atoms with van der Waals surface area (Å²) in [7, 11) is 1.29. The molecule has 0 aromatic heterocycles. The summed E-state index contributed by atoms with van der Waals surface area (Å²) in [5.41, 5.74) is 2.88. The number of rotatable bonds is 6. The molecule has 1 amide bonds. The van der Waals surface area contributed by atoms with Crippen LogP contribution in [0.1, 0.15) is 34.8 Å². The third-order valence-electron chi connectivity index (χ3n) is 4.07. The van der Waals surface area contributed by atoms with E-state index in [2.05, 4.69) is 10.1 Å². The lowest BCUT2D eigenvalue weighted by molar-refractivity contribution is -0.122. The molecule has 26 heavy (non-hydrogen) atoms. The Kier molecular flexibility index (Phi) is 6.64. The lowest BCUT2D eigenvalue weighted by Gasteiger charge is -2.18. The summed E-state index contributed by atoms with van der Waals surface area (Å²) in [6.07, 6.45) is -0.206. The fraction of sp³-hybridized carbons (Fsp3) is 0.300. The van der Waals surface area contributed by atoms with E-state index in [1.54, 1.807) is 0 Å². The average Bonchev–Trinajstić information content (AvgIpc) is 2.63. The molecule has 0 saturated heterocycles. The largest absolute Gasteiger partial charge is 0.481 e. The van der Waals surface area contributed by atoms with Crippen LogP contribution < -0.4 is 10.1 Å². The molecule has 0 radical (unpaired) electrons. The van der Waals surface area contributed by atoms with E-state index in [-0.39, 0.29) is 5.91 Å². The Bertz CT molecular complexity index is 819. The molecule has 0 spiro atoms. The van der Waals surface area contributed by atoms with Crippen molar-refractivity contribution in [1.29, 1.82) is 0 Å². The van der Waals surface area contributed by atoms with Crippen LogP contribution in [0.4, 0.5) is 5.69 Å². The van der Waals surface area contributed by atoms with Gasteiger partial charge in [-0.3, -0.25) is 4.79 Å². The number of benzene rings is 2. The quantitative estimate of drug-likeness (QED) is 0.753. The minimum Gasteiger partial charge on any atom is -0.481 e. The van der Waals surface area contributed by atoms with Crippen molar-refractivity contribution < 1.29 is 19.1 Å². The van der Waals surface area contributed by atoms with E-state index in [0.29, 0.717) is 28.4 Å². The van der Waals surface area contributed by atoms with Gasteiger partial charge in [-0.25, -0.2) is 4.79 Å². The standard InChI is InChI=1S/C20H22ClNO4/c1-5-18(26-15-8-6-12(2)13(3)10-15)19(23)22-17-11-14(20(24)25-4)7-9-16(17)21/h6-11,18H,5H2,1-4H3,(H,22,23)/t18-/m1/s1. The average molecular weight is 376 g/mol. The van der Waals surface area contributed by atoms with Gasteiger partial charge in [0.2, 0.25) is 0 Å². The highest BCUT2D eigenvalue weighted by atomic mass is 35.5. The van der Waals surface area contributed by atoms with Crippen LogP contribution >= 0.6 is 11.6 Å². The molecule has 2 aromatic rings. The maximum Gasteiger partial charge on any atom is 0.337 e. The summed E-state index contributed by atoms with van der Waals surface area (Å²) >= 11 is 6.13. The van der Waals surface area contributed by atoms with Crippen molar-refractivity contribution in [3.05, 3.63) is 58.1 Å². The van der Waals surface area contributed by atoms with E-state index in [0.717, 1.165) is 11.1 Å². The zero-order chi connectivity index (χ0) is 19.3. The molecule has 0 aliphatic heterocycles. The second-order valence-electron chi connectivity index (χ2n) is 5.94. The highest BCUT2D eigenvalue weighted by Crippen LogP contribution is 2.25. The van der Waals surface area contributed by atoms with Crippen LogP contribution in [0.5, 0.6) is 5.75 Å². The van der Waals surface area contributed by atoms with Crippen molar-refractivity contribution in [2.75, 3.05) is 12.4 Å². The number of carbonyl (C=O) groups is 2. The Balaban J connectivity index is 2.16. The molecule has 0 saturated carbocycles. The third kappa shape index (κ3) is 4.76. The van der Waals surface area contributed by atoms with E-state index >= 15 is 0 Å². The molecule has 0 unspecified atom stereocenters. The Hall–Kier alpha value is -2.53. The monoisotopic (exact) mass is 375 g/mol. The van der Waals surface area contributed by atoms with Gasteiger partial charge in [0.25, 0.3) is 5.91 Å². The molecule has 2 aromatic carbocycles. The van der Waals surface area contributed by atoms with Gasteiger partial charge in [-0.05, 0) is 61.7 Å². The SMILES string of the molecule is CC[C@@H](Oc1ccc(C)c(C)c1)C(=O)Nc1cc(C(=O)OC)ccc1Cl. The number of esters is 1. The number of ether oxygens (including phenoxy) is 2. The summed E-state index contributed by atoms with van der Waals surface area (Å²) in [5, 5.41) is 3.05. The lowest BCUT2D eigenvalue weighted by Crippen LogP contribution is -2.32. The topological polar surface area (TPSA) is 64.6 Å². The number of anilines is 1. The summed E-state index contributed by atoms with van der Waals surface area (Å²) < 4.78 is 10.5. The minimum atomic E-state index is -0.685. The molecule has 6 heteroatoms. The molecule has 0 aliphatic carbocycles. The number of amides is 1. The van der Waals surface area contributed by atoms with Gasteiger partial charge in [-0.15, -0.1) is 0 Å². The number of hydrogen-bond acceptors (Lipinski definition) is 4. The van der Waals surface area contributed by atoms with Gasteiger partial charge in [0.15, 0.2) is 6.10 Å². The number of aryl methyl sites for hydroxylation is 2. The van der Waals surface area contributed by atoms with Crippen molar-refractivity contribution in [3.8, 4) is 5.75 Å². The number of hydrogen-bond donors (Lipinski definition) is 1. The van der Waals surface area contributed by atoms with Gasteiger partial charge in [0, 0.05) is 0 Å². The van der Waals surface area contributed by atoms with E-state index < -0.39 is 12.1 Å². The molecule has 1 N–H and O–H groups in total. The summed E-state index contributed by atoms with van der Waals surface area (Å²) in [4.78, 5) is 24.2. The van der Waals surface area contributed by atoms with Crippen LogP contribution in [0.25, 0.3) is 0 Å². The van der Waals surface area contributed by atoms with Crippen LogP contribution in [-0.2, 0) is 9.53 Å². The Morgan fingerprint density at radius 3 is 2.46 bits per heavy atom. The molecular weight excluding hydrogens is 354 g/mol. The maximum atomic E-state index is 12.6. The van der Waals surface area contributed by atoms with Gasteiger partial charge in [-0.1, -0.05) is 24.6 Å². The predicted molar refractivity (Wildman–Crippen MR) is 102 cm³/mol. The van der Waals surface area contributed by atoms with E-state index in [9.17, 15) is 9.59 Å². The second-order valence-corrected chi connectivity index (χ2v) is 6.34. The van der Waals surface area contributed by atoms with Crippen LogP contribution in [0.15, 0.2) is 36.4 Å². The number of carbonyl (C=O) groups excluding carboxylic acids is 2. The Labute approximate surface area is 158 Å². The van der Waals surface area contributed by atoms with Gasteiger partial charge in [-0.2, -0.15) is 0 Å². The molecule has 138 valence electrons. The first-order valence-electron chi connectivity index (χ1n) is 8.28. The molecule has 2 rings (SSSR count). The number of methoxy groups -OCH3 is 1. The fourth-order valence-corrected chi connectivity index (χ4v) is 2.52. The molecule has 0 heterocycles. The highest BCUT2D eigenvalue weighted by Gasteiger charge is 2.20. The molecule has 0 bridgehead atoms. The Morgan fingerprint density at radius 2 is 1.85 bits per heavy atom. The first-order valence-corrected chi connectivity index (χ1v) is 8.66. The van der Waals surface area contributed by atoms with Gasteiger partial charge < -0.3 is 14.8 Å². The van der Waals surface area contributed by atoms with Crippen LogP contribution in [-0.4, -0.2) is 25.1 Å². The highest BCUT2D eigenvalue weighted by molar-refractivity contribution is 6.33.